The first-order valence-electron chi connectivity index (χ1n) is 8.87. The van der Waals surface area contributed by atoms with Crippen LogP contribution < -0.4 is 4.90 Å². The van der Waals surface area contributed by atoms with Crippen LogP contribution in [0.15, 0.2) is 16.6 Å². The summed E-state index contributed by atoms with van der Waals surface area (Å²) in [7, 11) is 0. The summed E-state index contributed by atoms with van der Waals surface area (Å²) in [5.74, 6) is -1.15. The third kappa shape index (κ3) is 3.15. The summed E-state index contributed by atoms with van der Waals surface area (Å²) in [4.78, 5) is 12.7. The standard InChI is InChI=1S/C15H20BrNO3/c1-3-17(12-4-6-20-7-5-12)14-9-11(16)8-13(10(14)2)15(18)19/h8-9,12H,3-7H2,1-2H3,(H,18,19)/i1D3,3D2. The first-order chi connectivity index (χ1) is 11.5. The van der Waals surface area contributed by atoms with Crippen LogP contribution in [0, 0.1) is 6.92 Å². The van der Waals surface area contributed by atoms with Gasteiger partial charge in [0.1, 0.15) is 0 Å². The van der Waals surface area contributed by atoms with E-state index in [0.29, 0.717) is 36.1 Å². The van der Waals surface area contributed by atoms with Crippen molar-refractivity contribution >= 4 is 27.6 Å². The lowest BCUT2D eigenvalue weighted by atomic mass is 10.0. The third-order valence-corrected chi connectivity index (χ3v) is 3.97. The van der Waals surface area contributed by atoms with E-state index in [-0.39, 0.29) is 11.3 Å². The largest absolute Gasteiger partial charge is 0.478 e. The van der Waals surface area contributed by atoms with Crippen molar-refractivity contribution in [3.63, 3.8) is 0 Å². The van der Waals surface area contributed by atoms with Crippen molar-refractivity contribution in [2.75, 3.05) is 24.6 Å². The number of carboxylic acid groups (broad SMARTS) is 1. The molecule has 0 unspecified atom stereocenters. The van der Waals surface area contributed by atoms with Gasteiger partial charge >= 0.3 is 5.97 Å². The SMILES string of the molecule is [2H]C([2H])([2H])C([2H])([2H])N(c1cc(Br)cc(C(=O)O)c1C)C1CCOCC1. The molecule has 20 heavy (non-hydrogen) atoms. The van der Waals surface area contributed by atoms with Gasteiger partial charge < -0.3 is 14.7 Å². The fourth-order valence-electron chi connectivity index (χ4n) is 2.43. The third-order valence-electron chi connectivity index (χ3n) is 3.51. The predicted octanol–water partition coefficient (Wildman–Crippen LogP) is 3.46. The summed E-state index contributed by atoms with van der Waals surface area (Å²) in [6.45, 7) is -3.19. The maximum atomic E-state index is 11.5. The molecule has 1 aromatic rings. The van der Waals surface area contributed by atoms with E-state index in [1.54, 1.807) is 13.0 Å². The summed E-state index contributed by atoms with van der Waals surface area (Å²) in [6, 6.07) is 2.59. The molecule has 0 aliphatic carbocycles. The van der Waals surface area contributed by atoms with Crippen LogP contribution in [0.5, 0.6) is 0 Å². The molecule has 0 spiro atoms. The Morgan fingerprint density at radius 2 is 2.30 bits per heavy atom. The topological polar surface area (TPSA) is 49.8 Å². The van der Waals surface area contributed by atoms with E-state index < -0.39 is 25.4 Å². The van der Waals surface area contributed by atoms with Gasteiger partial charge in [-0.1, -0.05) is 15.9 Å². The Hall–Kier alpha value is -1.07. The number of anilines is 1. The minimum Gasteiger partial charge on any atom is -0.478 e. The molecule has 1 fully saturated rings. The molecule has 0 atom stereocenters. The van der Waals surface area contributed by atoms with Crippen molar-refractivity contribution in [3.05, 3.63) is 27.7 Å². The molecule has 1 saturated heterocycles. The fraction of sp³-hybridized carbons (Fsp3) is 0.533. The Bertz CT molecular complexity index is 659. The van der Waals surface area contributed by atoms with E-state index >= 15 is 0 Å². The highest BCUT2D eigenvalue weighted by atomic mass is 79.9. The fourth-order valence-corrected chi connectivity index (χ4v) is 2.87. The molecule has 4 nitrogen and oxygen atoms in total. The number of benzene rings is 1. The Kier molecular flexibility index (Phi) is 3.23. The van der Waals surface area contributed by atoms with E-state index in [4.69, 9.17) is 11.6 Å². The number of carboxylic acids is 1. The average Bonchev–Trinajstić information content (AvgIpc) is 2.50. The molecule has 0 bridgehead atoms. The molecule has 0 saturated carbocycles. The minimum atomic E-state index is -2.90. The highest BCUT2D eigenvalue weighted by molar-refractivity contribution is 9.10. The molecule has 0 aromatic heterocycles. The quantitative estimate of drug-likeness (QED) is 0.906. The van der Waals surface area contributed by atoms with Crippen molar-refractivity contribution in [2.24, 2.45) is 0 Å². The number of nitrogens with zero attached hydrogens (tertiary/aromatic N) is 1. The van der Waals surface area contributed by atoms with Gasteiger partial charge in [0.05, 0.1) is 5.56 Å². The number of ether oxygens (including phenoxy) is 1. The van der Waals surface area contributed by atoms with Crippen LogP contribution in [0.25, 0.3) is 0 Å². The lowest BCUT2D eigenvalue weighted by Gasteiger charge is -2.36. The van der Waals surface area contributed by atoms with Crippen molar-refractivity contribution in [3.8, 4) is 0 Å². The van der Waals surface area contributed by atoms with Gasteiger partial charge in [-0.3, -0.25) is 0 Å². The van der Waals surface area contributed by atoms with E-state index in [1.807, 2.05) is 0 Å². The summed E-state index contributed by atoms with van der Waals surface area (Å²) in [5.41, 5.74) is 0.595. The van der Waals surface area contributed by atoms with Gasteiger partial charge in [0, 0.05) is 42.8 Å². The molecule has 110 valence electrons. The molecule has 0 amide bonds. The molecule has 1 aliphatic heterocycles. The number of carbonyl (C=O) groups is 1. The van der Waals surface area contributed by atoms with Gasteiger partial charge in [-0.15, -0.1) is 0 Å². The lowest BCUT2D eigenvalue weighted by molar-refractivity contribution is 0.0695. The van der Waals surface area contributed by atoms with Gasteiger partial charge in [-0.25, -0.2) is 4.79 Å². The maximum absolute atomic E-state index is 11.5. The second-order valence-corrected chi connectivity index (χ2v) is 5.64. The summed E-state index contributed by atoms with van der Waals surface area (Å²) >= 11 is 3.25. The zero-order chi connectivity index (χ0) is 19.0. The van der Waals surface area contributed by atoms with Crippen LogP contribution in [0.2, 0.25) is 0 Å². The van der Waals surface area contributed by atoms with Gasteiger partial charge in [-0.2, -0.15) is 0 Å². The van der Waals surface area contributed by atoms with Crippen LogP contribution in [-0.2, 0) is 4.74 Å². The molecule has 1 aliphatic rings. The van der Waals surface area contributed by atoms with Crippen LogP contribution in [0.1, 0.15) is 42.5 Å². The average molecular weight is 347 g/mol. The molecule has 1 N–H and O–H groups in total. The van der Waals surface area contributed by atoms with Crippen molar-refractivity contribution in [2.45, 2.75) is 32.7 Å². The first kappa shape index (κ1) is 9.79. The highest BCUT2D eigenvalue weighted by Gasteiger charge is 2.24. The smallest absolute Gasteiger partial charge is 0.336 e. The number of halogens is 1. The number of hydrogen-bond donors (Lipinski definition) is 1. The van der Waals surface area contributed by atoms with Crippen molar-refractivity contribution in [1.29, 1.82) is 0 Å². The van der Waals surface area contributed by atoms with Gasteiger partial charge in [0.15, 0.2) is 0 Å². The zero-order valence-electron chi connectivity index (χ0n) is 16.1. The Morgan fingerprint density at radius 1 is 1.60 bits per heavy atom. The molecule has 2 rings (SSSR count). The van der Waals surface area contributed by atoms with E-state index in [2.05, 4.69) is 15.9 Å². The maximum Gasteiger partial charge on any atom is 0.336 e. The van der Waals surface area contributed by atoms with Crippen LogP contribution in [-0.4, -0.2) is 36.8 Å². The molecular weight excluding hydrogens is 322 g/mol. The molecule has 0 radical (unpaired) electrons. The number of hydrogen-bond acceptors (Lipinski definition) is 3. The first-order valence-corrected chi connectivity index (χ1v) is 7.16. The summed E-state index contributed by atoms with van der Waals surface area (Å²) < 4.78 is 45.3. The Labute approximate surface area is 134 Å². The van der Waals surface area contributed by atoms with Crippen molar-refractivity contribution in [1.82, 2.24) is 0 Å². The van der Waals surface area contributed by atoms with Gasteiger partial charge in [-0.05, 0) is 44.3 Å². The van der Waals surface area contributed by atoms with E-state index in [1.165, 1.54) is 11.0 Å². The molecular formula is C15H20BrNO3. The summed E-state index contributed by atoms with van der Waals surface area (Å²) in [6.07, 6.45) is 0.925. The summed E-state index contributed by atoms with van der Waals surface area (Å²) in [5, 5.41) is 9.41. The molecule has 5 heteroatoms. The predicted molar refractivity (Wildman–Crippen MR) is 82.7 cm³/mol. The van der Waals surface area contributed by atoms with Crippen LogP contribution in [0.3, 0.4) is 0 Å². The van der Waals surface area contributed by atoms with Gasteiger partial charge in [0.2, 0.25) is 0 Å². The lowest BCUT2D eigenvalue weighted by Crippen LogP contribution is -2.40. The van der Waals surface area contributed by atoms with Gasteiger partial charge in [0.25, 0.3) is 0 Å². The monoisotopic (exact) mass is 346 g/mol. The van der Waals surface area contributed by atoms with E-state index in [0.717, 1.165) is 0 Å². The number of rotatable bonds is 4. The van der Waals surface area contributed by atoms with Crippen LogP contribution in [0.4, 0.5) is 5.69 Å². The van der Waals surface area contributed by atoms with Crippen molar-refractivity contribution < 1.29 is 21.5 Å². The second kappa shape index (κ2) is 6.59. The Morgan fingerprint density at radius 3 is 2.90 bits per heavy atom. The zero-order valence-corrected chi connectivity index (χ0v) is 12.7. The normalized spacial score (nSPS) is 21.2. The molecule has 1 aromatic carbocycles. The number of aromatic carboxylic acids is 1. The minimum absolute atomic E-state index is 0.00257. The molecule has 1 heterocycles. The van der Waals surface area contributed by atoms with E-state index in [9.17, 15) is 9.90 Å². The Balaban J connectivity index is 2.66. The second-order valence-electron chi connectivity index (χ2n) is 4.73. The highest BCUT2D eigenvalue weighted by Crippen LogP contribution is 2.31. The van der Waals surface area contributed by atoms with Crippen LogP contribution >= 0.6 is 15.9 Å².